The van der Waals surface area contributed by atoms with Gasteiger partial charge in [0.1, 0.15) is 0 Å². The first-order chi connectivity index (χ1) is 9.86. The van der Waals surface area contributed by atoms with Crippen molar-refractivity contribution in [1.82, 2.24) is 0 Å². The lowest BCUT2D eigenvalue weighted by molar-refractivity contribution is -0.137. The van der Waals surface area contributed by atoms with Crippen molar-refractivity contribution in [2.24, 2.45) is 0 Å². The minimum Gasteiger partial charge on any atom is -0.259 e. The Kier molecular flexibility index (Phi) is 3.91. The maximum absolute atomic E-state index is 12.8. The van der Waals surface area contributed by atoms with Gasteiger partial charge in [-0.1, -0.05) is 24.1 Å². The Morgan fingerprint density at radius 2 is 2.00 bits per heavy atom. The highest BCUT2D eigenvalue weighted by Gasteiger charge is 2.35. The van der Waals surface area contributed by atoms with Crippen molar-refractivity contribution in [2.45, 2.75) is 42.4 Å². The van der Waals surface area contributed by atoms with Crippen LogP contribution >= 0.6 is 11.6 Å². The first kappa shape index (κ1) is 15.1. The molecule has 0 N–H and O–H groups in total. The Bertz CT molecular complexity index is 624. The van der Waals surface area contributed by atoms with Crippen LogP contribution in [0.4, 0.5) is 13.2 Å². The number of fused-ring (bicyclic) bond motifs is 2. The van der Waals surface area contributed by atoms with Crippen LogP contribution < -0.4 is 0 Å². The van der Waals surface area contributed by atoms with Gasteiger partial charge < -0.3 is 0 Å². The highest BCUT2D eigenvalue weighted by Crippen LogP contribution is 2.40. The summed E-state index contributed by atoms with van der Waals surface area (Å²) < 4.78 is 50.7. The van der Waals surface area contributed by atoms with Gasteiger partial charge in [-0.05, 0) is 48.6 Å². The van der Waals surface area contributed by atoms with Crippen LogP contribution in [0.3, 0.4) is 0 Å². The predicted octanol–water partition coefficient (Wildman–Crippen LogP) is 4.82. The number of hydrogen-bond donors (Lipinski definition) is 0. The second-order valence-electron chi connectivity index (χ2n) is 5.51. The Labute approximate surface area is 128 Å². The molecule has 0 amide bonds. The molecule has 3 unspecified atom stereocenters. The van der Waals surface area contributed by atoms with Gasteiger partial charge in [-0.2, -0.15) is 13.2 Å². The first-order valence-electron chi connectivity index (χ1n) is 6.83. The van der Waals surface area contributed by atoms with Crippen LogP contribution in [-0.4, -0.2) is 14.7 Å². The average molecular weight is 335 g/mol. The van der Waals surface area contributed by atoms with Crippen LogP contribution in [0.25, 0.3) is 5.57 Å². The fourth-order valence-corrected chi connectivity index (χ4v) is 5.22. The molecule has 0 aromatic heterocycles. The minimum absolute atomic E-state index is 0.0434. The molecular formula is C15H14ClF3OS. The number of benzene rings is 1. The van der Waals surface area contributed by atoms with E-state index in [9.17, 15) is 17.4 Å². The topological polar surface area (TPSA) is 17.1 Å². The van der Waals surface area contributed by atoms with Gasteiger partial charge in [0, 0.05) is 21.1 Å². The van der Waals surface area contributed by atoms with Crippen molar-refractivity contribution in [1.29, 1.82) is 0 Å². The summed E-state index contributed by atoms with van der Waals surface area (Å²) in [5.41, 5.74) is 0.542. The summed E-state index contributed by atoms with van der Waals surface area (Å²) in [6, 6.07) is 3.40. The van der Waals surface area contributed by atoms with Crippen LogP contribution in [0.1, 0.15) is 36.8 Å². The molecule has 1 saturated heterocycles. The van der Waals surface area contributed by atoms with E-state index in [4.69, 9.17) is 11.6 Å². The third-order valence-electron chi connectivity index (χ3n) is 4.12. The molecule has 0 spiro atoms. The Balaban J connectivity index is 2.02. The minimum atomic E-state index is -4.38. The Hall–Kier alpha value is -0.810. The van der Waals surface area contributed by atoms with Crippen LogP contribution in [0.2, 0.25) is 5.02 Å². The highest BCUT2D eigenvalue weighted by molar-refractivity contribution is 7.86. The summed E-state index contributed by atoms with van der Waals surface area (Å²) >= 11 is 6.09. The molecule has 2 bridgehead atoms. The largest absolute Gasteiger partial charge is 0.416 e. The van der Waals surface area contributed by atoms with E-state index in [2.05, 4.69) is 0 Å². The standard InChI is InChI=1S/C15H14ClF3OS/c16-14-5-4-10(15(17,18)19)8-13(14)9-6-11-2-1-3-12(7-9)21(11)20/h4-6,8,11-12H,1-3,7H2. The quantitative estimate of drug-likeness (QED) is 0.720. The van der Waals surface area contributed by atoms with Gasteiger partial charge in [0.15, 0.2) is 0 Å². The smallest absolute Gasteiger partial charge is 0.259 e. The van der Waals surface area contributed by atoms with Gasteiger partial charge in [0.05, 0.1) is 10.8 Å². The van der Waals surface area contributed by atoms with E-state index in [1.807, 2.05) is 6.08 Å². The summed E-state index contributed by atoms with van der Waals surface area (Å²) in [6.07, 6.45) is 0.770. The van der Waals surface area contributed by atoms with E-state index in [-0.39, 0.29) is 10.5 Å². The van der Waals surface area contributed by atoms with E-state index in [1.54, 1.807) is 0 Å². The summed E-state index contributed by atoms with van der Waals surface area (Å²) in [7, 11) is -0.901. The molecule has 114 valence electrons. The molecule has 2 aliphatic heterocycles. The third-order valence-corrected chi connectivity index (χ3v) is 6.47. The maximum atomic E-state index is 12.8. The summed E-state index contributed by atoms with van der Waals surface area (Å²) in [6.45, 7) is 0. The van der Waals surface area contributed by atoms with Crippen LogP contribution in [0.5, 0.6) is 0 Å². The lowest BCUT2D eigenvalue weighted by Gasteiger charge is -2.33. The maximum Gasteiger partial charge on any atom is 0.416 e. The van der Waals surface area contributed by atoms with Gasteiger partial charge in [-0.25, -0.2) is 0 Å². The summed E-state index contributed by atoms with van der Waals surface area (Å²) in [5.74, 6) is 0. The van der Waals surface area contributed by atoms with E-state index >= 15 is 0 Å². The van der Waals surface area contributed by atoms with Gasteiger partial charge in [-0.3, -0.25) is 4.21 Å². The second kappa shape index (κ2) is 5.43. The molecule has 0 radical (unpaired) electrons. The zero-order chi connectivity index (χ0) is 15.2. The van der Waals surface area contributed by atoms with E-state index < -0.39 is 22.5 Å². The molecule has 6 heteroatoms. The lowest BCUT2D eigenvalue weighted by Crippen LogP contribution is -2.33. The van der Waals surface area contributed by atoms with Crippen molar-refractivity contribution >= 4 is 28.0 Å². The SMILES string of the molecule is O=S1C2C=C(c3cc(C(F)(F)F)ccc3Cl)CC1CCC2. The molecular weight excluding hydrogens is 321 g/mol. The van der Waals surface area contributed by atoms with Crippen molar-refractivity contribution in [3.63, 3.8) is 0 Å². The van der Waals surface area contributed by atoms with Crippen molar-refractivity contribution in [3.05, 3.63) is 40.4 Å². The zero-order valence-corrected chi connectivity index (χ0v) is 12.7. The zero-order valence-electron chi connectivity index (χ0n) is 11.1. The van der Waals surface area contributed by atoms with Crippen LogP contribution in [0.15, 0.2) is 24.3 Å². The van der Waals surface area contributed by atoms with Crippen molar-refractivity contribution in [2.75, 3.05) is 0 Å². The number of alkyl halides is 3. The third kappa shape index (κ3) is 2.90. The van der Waals surface area contributed by atoms with Gasteiger partial charge in [0.2, 0.25) is 0 Å². The van der Waals surface area contributed by atoms with E-state index in [1.165, 1.54) is 6.07 Å². The second-order valence-corrected chi connectivity index (χ2v) is 7.84. The molecule has 1 aromatic rings. The Morgan fingerprint density at radius 3 is 2.67 bits per heavy atom. The van der Waals surface area contributed by atoms with Crippen molar-refractivity contribution in [3.8, 4) is 0 Å². The molecule has 21 heavy (non-hydrogen) atoms. The van der Waals surface area contributed by atoms with Gasteiger partial charge in [-0.15, -0.1) is 0 Å². The number of rotatable bonds is 1. The summed E-state index contributed by atoms with van der Waals surface area (Å²) in [4.78, 5) is 0. The molecule has 3 atom stereocenters. The molecule has 1 nitrogen and oxygen atoms in total. The van der Waals surface area contributed by atoms with E-state index in [0.29, 0.717) is 17.0 Å². The fourth-order valence-electron chi connectivity index (χ4n) is 3.05. The lowest BCUT2D eigenvalue weighted by atomic mass is 9.92. The van der Waals surface area contributed by atoms with Crippen LogP contribution in [0, 0.1) is 0 Å². The Morgan fingerprint density at radius 1 is 1.24 bits per heavy atom. The molecule has 3 rings (SSSR count). The predicted molar refractivity (Wildman–Crippen MR) is 78.6 cm³/mol. The monoisotopic (exact) mass is 334 g/mol. The normalized spacial score (nSPS) is 29.1. The summed E-state index contributed by atoms with van der Waals surface area (Å²) in [5, 5.41) is 0.326. The average Bonchev–Trinajstić information content (AvgIpc) is 2.38. The molecule has 0 aliphatic carbocycles. The van der Waals surface area contributed by atoms with Crippen molar-refractivity contribution < 1.29 is 17.4 Å². The molecule has 0 saturated carbocycles. The molecule has 2 aliphatic rings. The fraction of sp³-hybridized carbons (Fsp3) is 0.467. The number of hydrogen-bond acceptors (Lipinski definition) is 1. The number of halogens is 4. The molecule has 1 aromatic carbocycles. The highest BCUT2D eigenvalue weighted by atomic mass is 35.5. The molecule has 1 fully saturated rings. The van der Waals surface area contributed by atoms with Gasteiger partial charge >= 0.3 is 6.18 Å². The van der Waals surface area contributed by atoms with E-state index in [0.717, 1.165) is 37.0 Å². The van der Waals surface area contributed by atoms with Gasteiger partial charge in [0.25, 0.3) is 0 Å². The van der Waals surface area contributed by atoms with Crippen LogP contribution in [-0.2, 0) is 17.0 Å². The number of allylic oxidation sites excluding steroid dienone is 1. The first-order valence-corrected chi connectivity index (χ1v) is 8.49. The molecule has 2 heterocycles.